The second-order valence-corrected chi connectivity index (χ2v) is 6.63. The van der Waals surface area contributed by atoms with Crippen LogP contribution in [-0.4, -0.2) is 11.0 Å². The maximum Gasteiger partial charge on any atom is 0.228 e. The van der Waals surface area contributed by atoms with E-state index in [9.17, 15) is 9.90 Å². The quantitative estimate of drug-likeness (QED) is 0.876. The molecule has 3 nitrogen and oxygen atoms in total. The Morgan fingerprint density at radius 2 is 1.74 bits per heavy atom. The van der Waals surface area contributed by atoms with E-state index in [4.69, 9.17) is 0 Å². The molecule has 1 aromatic rings. The van der Waals surface area contributed by atoms with Crippen molar-refractivity contribution in [3.8, 4) is 0 Å². The fourth-order valence-electron chi connectivity index (χ4n) is 3.03. The van der Waals surface area contributed by atoms with Gasteiger partial charge in [0, 0.05) is 17.2 Å². The number of hydrogen-bond donors (Lipinski definition) is 2. The van der Waals surface area contributed by atoms with Gasteiger partial charge in [0.15, 0.2) is 0 Å². The molecular formula is C16H23NO2. The smallest absolute Gasteiger partial charge is 0.228 e. The van der Waals surface area contributed by atoms with Crippen LogP contribution in [0.25, 0.3) is 0 Å². The number of rotatable bonds is 3. The molecule has 0 bridgehead atoms. The second kappa shape index (κ2) is 4.34. The van der Waals surface area contributed by atoms with Gasteiger partial charge in [-0.2, -0.15) is 0 Å². The van der Waals surface area contributed by atoms with Crippen molar-refractivity contribution in [2.45, 2.75) is 40.7 Å². The Morgan fingerprint density at radius 3 is 2.21 bits per heavy atom. The number of aliphatic hydroxyl groups excluding tert-OH is 1. The van der Waals surface area contributed by atoms with Crippen LogP contribution in [0.1, 0.15) is 46.3 Å². The van der Waals surface area contributed by atoms with Crippen molar-refractivity contribution in [2.24, 2.45) is 16.7 Å². The van der Waals surface area contributed by atoms with Gasteiger partial charge in [-0.1, -0.05) is 45.9 Å². The third-order valence-electron chi connectivity index (χ3n) is 4.95. The molecule has 2 N–H and O–H groups in total. The van der Waals surface area contributed by atoms with Gasteiger partial charge in [0.1, 0.15) is 0 Å². The maximum atomic E-state index is 12.4. The standard InChI is InChI=1S/C16H23NO2/c1-10(18)11-8-6-7-9-12(11)17-14(19)13-15(2,3)16(13,4)5/h6-10,13,18H,1-5H3,(H,17,19). The third-order valence-corrected chi connectivity index (χ3v) is 4.95. The van der Waals surface area contributed by atoms with Crippen LogP contribution in [0, 0.1) is 16.7 Å². The number of nitrogens with one attached hydrogen (secondary N) is 1. The Bertz CT molecular complexity index is 489. The lowest BCUT2D eigenvalue weighted by Crippen LogP contribution is -2.19. The first-order chi connectivity index (χ1) is 8.69. The van der Waals surface area contributed by atoms with E-state index in [0.29, 0.717) is 5.69 Å². The molecule has 1 aliphatic carbocycles. The zero-order chi connectivity index (χ0) is 14.4. The number of aliphatic hydroxyl groups is 1. The number of carbonyl (C=O) groups is 1. The molecule has 0 aliphatic heterocycles. The van der Waals surface area contributed by atoms with E-state index in [1.807, 2.05) is 24.3 Å². The highest BCUT2D eigenvalue weighted by Crippen LogP contribution is 2.68. The Kier molecular flexibility index (Phi) is 3.21. The predicted octanol–water partition coefficient (Wildman–Crippen LogP) is 3.36. The second-order valence-electron chi connectivity index (χ2n) is 6.63. The van der Waals surface area contributed by atoms with Crippen molar-refractivity contribution in [1.29, 1.82) is 0 Å². The average molecular weight is 261 g/mol. The van der Waals surface area contributed by atoms with E-state index >= 15 is 0 Å². The zero-order valence-electron chi connectivity index (χ0n) is 12.3. The lowest BCUT2D eigenvalue weighted by atomic mass is 10.0. The Morgan fingerprint density at radius 1 is 1.21 bits per heavy atom. The first-order valence-electron chi connectivity index (χ1n) is 6.77. The summed E-state index contributed by atoms with van der Waals surface area (Å²) >= 11 is 0. The summed E-state index contributed by atoms with van der Waals surface area (Å²) in [6, 6.07) is 7.40. The summed E-state index contributed by atoms with van der Waals surface area (Å²) in [5, 5.41) is 12.7. The number of carbonyl (C=O) groups excluding carboxylic acids is 1. The molecule has 1 aromatic carbocycles. The molecular weight excluding hydrogens is 238 g/mol. The molecule has 1 saturated carbocycles. The van der Waals surface area contributed by atoms with Crippen molar-refractivity contribution in [3.05, 3.63) is 29.8 Å². The number of hydrogen-bond acceptors (Lipinski definition) is 2. The van der Waals surface area contributed by atoms with Gasteiger partial charge in [0.2, 0.25) is 5.91 Å². The Balaban J connectivity index is 2.18. The average Bonchev–Trinajstić information content (AvgIpc) is 2.69. The van der Waals surface area contributed by atoms with Crippen molar-refractivity contribution < 1.29 is 9.90 Å². The summed E-state index contributed by atoms with van der Waals surface area (Å²) in [5.74, 6) is 0.0603. The number of amides is 1. The van der Waals surface area contributed by atoms with E-state index in [-0.39, 0.29) is 22.7 Å². The predicted molar refractivity (Wildman–Crippen MR) is 76.8 cm³/mol. The summed E-state index contributed by atoms with van der Waals surface area (Å²) in [6.45, 7) is 10.2. The molecule has 1 aliphatic rings. The number of para-hydroxylation sites is 1. The molecule has 0 saturated heterocycles. The molecule has 19 heavy (non-hydrogen) atoms. The van der Waals surface area contributed by atoms with E-state index in [1.165, 1.54) is 0 Å². The topological polar surface area (TPSA) is 49.3 Å². The minimum atomic E-state index is -0.586. The Hall–Kier alpha value is -1.35. The largest absolute Gasteiger partial charge is 0.389 e. The summed E-state index contributed by atoms with van der Waals surface area (Å²) in [5.41, 5.74) is 1.52. The third kappa shape index (κ3) is 2.16. The fourth-order valence-corrected chi connectivity index (χ4v) is 3.03. The molecule has 2 rings (SSSR count). The molecule has 0 heterocycles. The van der Waals surface area contributed by atoms with Crippen LogP contribution in [0.2, 0.25) is 0 Å². The van der Waals surface area contributed by atoms with E-state index in [1.54, 1.807) is 6.92 Å². The van der Waals surface area contributed by atoms with Crippen LogP contribution in [0.3, 0.4) is 0 Å². The lowest BCUT2D eigenvalue weighted by molar-refractivity contribution is -0.118. The van der Waals surface area contributed by atoms with E-state index in [0.717, 1.165) is 5.56 Å². The van der Waals surface area contributed by atoms with Crippen LogP contribution in [0.15, 0.2) is 24.3 Å². The van der Waals surface area contributed by atoms with Gasteiger partial charge in [0.25, 0.3) is 0 Å². The normalized spacial score (nSPS) is 21.8. The van der Waals surface area contributed by atoms with Crippen LogP contribution in [-0.2, 0) is 4.79 Å². The highest BCUT2D eigenvalue weighted by atomic mass is 16.3. The first kappa shape index (κ1) is 14.1. The minimum absolute atomic E-state index is 0.0158. The minimum Gasteiger partial charge on any atom is -0.389 e. The van der Waals surface area contributed by atoms with Crippen LogP contribution >= 0.6 is 0 Å². The molecule has 1 unspecified atom stereocenters. The molecule has 0 radical (unpaired) electrons. The van der Waals surface area contributed by atoms with Gasteiger partial charge < -0.3 is 10.4 Å². The van der Waals surface area contributed by atoms with Gasteiger partial charge in [-0.25, -0.2) is 0 Å². The first-order valence-corrected chi connectivity index (χ1v) is 6.77. The fraction of sp³-hybridized carbons (Fsp3) is 0.562. The summed E-state index contributed by atoms with van der Waals surface area (Å²) < 4.78 is 0. The summed E-state index contributed by atoms with van der Waals surface area (Å²) in [6.07, 6.45) is -0.586. The van der Waals surface area contributed by atoms with Gasteiger partial charge in [-0.05, 0) is 23.8 Å². The van der Waals surface area contributed by atoms with Crippen LogP contribution in [0.5, 0.6) is 0 Å². The van der Waals surface area contributed by atoms with Crippen LogP contribution < -0.4 is 5.32 Å². The van der Waals surface area contributed by atoms with E-state index in [2.05, 4.69) is 33.0 Å². The van der Waals surface area contributed by atoms with Gasteiger partial charge in [0.05, 0.1) is 6.10 Å². The molecule has 0 aromatic heterocycles. The highest BCUT2D eigenvalue weighted by molar-refractivity contribution is 5.96. The summed E-state index contributed by atoms with van der Waals surface area (Å²) in [7, 11) is 0. The van der Waals surface area contributed by atoms with Gasteiger partial charge in [-0.3, -0.25) is 4.79 Å². The van der Waals surface area contributed by atoms with Gasteiger partial charge in [-0.15, -0.1) is 0 Å². The molecule has 3 heteroatoms. The molecule has 1 fully saturated rings. The number of anilines is 1. The lowest BCUT2D eigenvalue weighted by Gasteiger charge is -2.13. The van der Waals surface area contributed by atoms with Crippen molar-refractivity contribution in [1.82, 2.24) is 0 Å². The van der Waals surface area contributed by atoms with Gasteiger partial charge >= 0.3 is 0 Å². The van der Waals surface area contributed by atoms with Crippen molar-refractivity contribution in [2.75, 3.05) is 5.32 Å². The van der Waals surface area contributed by atoms with Crippen molar-refractivity contribution >= 4 is 11.6 Å². The van der Waals surface area contributed by atoms with E-state index < -0.39 is 6.10 Å². The SMILES string of the molecule is CC(O)c1ccccc1NC(=O)C1C(C)(C)C1(C)C. The maximum absolute atomic E-state index is 12.4. The monoisotopic (exact) mass is 261 g/mol. The number of benzene rings is 1. The molecule has 0 spiro atoms. The molecule has 1 amide bonds. The van der Waals surface area contributed by atoms with Crippen molar-refractivity contribution in [3.63, 3.8) is 0 Å². The molecule has 1 atom stereocenters. The highest BCUT2D eigenvalue weighted by Gasteiger charge is 2.68. The Labute approximate surface area is 115 Å². The van der Waals surface area contributed by atoms with Crippen LogP contribution in [0.4, 0.5) is 5.69 Å². The zero-order valence-corrected chi connectivity index (χ0v) is 12.3. The molecule has 104 valence electrons. The summed E-state index contributed by atoms with van der Waals surface area (Å²) in [4.78, 5) is 12.4.